The quantitative estimate of drug-likeness (QED) is 0.702. The molecule has 17 heavy (non-hydrogen) atoms. The Kier molecular flexibility index (Phi) is 2.05. The molecule has 0 fully saturated rings. The van der Waals surface area contributed by atoms with Gasteiger partial charge in [0.15, 0.2) is 0 Å². The number of rotatable bonds is 0. The highest BCUT2D eigenvalue weighted by atomic mass is 31.2. The highest BCUT2D eigenvalue weighted by Crippen LogP contribution is 2.52. The van der Waals surface area contributed by atoms with Gasteiger partial charge >= 0.3 is 7.60 Å². The van der Waals surface area contributed by atoms with E-state index in [1.165, 1.54) is 18.2 Å². The van der Waals surface area contributed by atoms with Crippen LogP contribution in [-0.4, -0.2) is 10.00 Å². The third-order valence-corrected chi connectivity index (χ3v) is 4.13. The number of benzene rings is 2. The van der Waals surface area contributed by atoms with E-state index in [0.29, 0.717) is 16.9 Å². The van der Waals surface area contributed by atoms with Gasteiger partial charge in [0.1, 0.15) is 11.5 Å². The van der Waals surface area contributed by atoms with E-state index in [9.17, 15) is 14.6 Å². The molecule has 5 heteroatoms. The summed E-state index contributed by atoms with van der Waals surface area (Å²) in [6.07, 6.45) is 0. The normalized spacial score (nSPS) is 21.2. The van der Waals surface area contributed by atoms with E-state index >= 15 is 0 Å². The van der Waals surface area contributed by atoms with Crippen LogP contribution in [0.5, 0.6) is 11.5 Å². The molecule has 4 nitrogen and oxygen atoms in total. The highest BCUT2D eigenvalue weighted by Gasteiger charge is 2.34. The van der Waals surface area contributed by atoms with Crippen molar-refractivity contribution in [1.82, 2.24) is 0 Å². The summed E-state index contributed by atoms with van der Waals surface area (Å²) in [5.41, 5.74) is 1.25. The molecule has 3 rings (SSSR count). The monoisotopic (exact) mass is 248 g/mol. The first kappa shape index (κ1) is 10.4. The molecule has 86 valence electrons. The Bertz CT molecular complexity index is 651. The Morgan fingerprint density at radius 2 is 1.82 bits per heavy atom. The van der Waals surface area contributed by atoms with Crippen LogP contribution in [0.2, 0.25) is 0 Å². The van der Waals surface area contributed by atoms with Crippen molar-refractivity contribution < 1.29 is 19.1 Å². The fraction of sp³-hybridized carbons (Fsp3) is 0. The molecule has 0 saturated heterocycles. The molecule has 0 aromatic heterocycles. The molecule has 1 aliphatic heterocycles. The Morgan fingerprint density at radius 1 is 1.06 bits per heavy atom. The third-order valence-electron chi connectivity index (χ3n) is 2.68. The number of phenols is 1. The van der Waals surface area contributed by atoms with Crippen molar-refractivity contribution in [3.8, 4) is 22.6 Å². The smallest absolute Gasteiger partial charge is 0.408 e. The van der Waals surface area contributed by atoms with Crippen molar-refractivity contribution in [2.24, 2.45) is 0 Å². The van der Waals surface area contributed by atoms with Crippen molar-refractivity contribution in [3.05, 3.63) is 42.5 Å². The molecular formula is C12H9O4P. The summed E-state index contributed by atoms with van der Waals surface area (Å²) in [6.45, 7) is 0. The minimum atomic E-state index is -3.81. The van der Waals surface area contributed by atoms with Crippen molar-refractivity contribution in [3.63, 3.8) is 0 Å². The predicted molar refractivity (Wildman–Crippen MR) is 63.6 cm³/mol. The molecule has 1 heterocycles. The van der Waals surface area contributed by atoms with E-state index in [-0.39, 0.29) is 11.1 Å². The van der Waals surface area contributed by atoms with E-state index in [1.807, 2.05) is 0 Å². The maximum absolute atomic E-state index is 12.0. The Hall–Kier alpha value is -1.77. The van der Waals surface area contributed by atoms with E-state index in [1.54, 1.807) is 24.3 Å². The summed E-state index contributed by atoms with van der Waals surface area (Å²) in [4.78, 5) is 9.81. The average molecular weight is 248 g/mol. The lowest BCUT2D eigenvalue weighted by Gasteiger charge is -2.24. The average Bonchev–Trinajstić information content (AvgIpc) is 2.30. The second-order valence-electron chi connectivity index (χ2n) is 3.81. The van der Waals surface area contributed by atoms with Crippen LogP contribution in [0.15, 0.2) is 42.5 Å². The number of hydrogen-bond acceptors (Lipinski definition) is 3. The predicted octanol–water partition coefficient (Wildman–Crippen LogP) is 2.26. The fourth-order valence-electron chi connectivity index (χ4n) is 1.94. The van der Waals surface area contributed by atoms with Crippen molar-refractivity contribution in [2.75, 3.05) is 0 Å². The van der Waals surface area contributed by atoms with E-state index in [2.05, 4.69) is 0 Å². The molecular weight excluding hydrogens is 239 g/mol. The number of fused-ring (bicyclic) bond motifs is 3. The van der Waals surface area contributed by atoms with Gasteiger partial charge in [-0.3, -0.25) is 0 Å². The lowest BCUT2D eigenvalue weighted by Crippen LogP contribution is -2.16. The standard InChI is InChI=1S/C12H9O4P/c13-8-5-6-11-10(7-8)9-3-1-2-4-12(9)17(14,15)16-11/h1-7,13H,(H,14,15). The second kappa shape index (κ2) is 3.36. The van der Waals surface area contributed by atoms with Crippen LogP contribution in [0, 0.1) is 0 Å². The molecule has 0 spiro atoms. The van der Waals surface area contributed by atoms with Crippen LogP contribution in [0.25, 0.3) is 11.1 Å². The van der Waals surface area contributed by atoms with Crippen LogP contribution < -0.4 is 9.83 Å². The molecule has 0 bridgehead atoms. The zero-order chi connectivity index (χ0) is 12.0. The molecule has 2 aromatic rings. The zero-order valence-corrected chi connectivity index (χ0v) is 9.59. The van der Waals surface area contributed by atoms with Crippen LogP contribution in [0.3, 0.4) is 0 Å². The van der Waals surface area contributed by atoms with Gasteiger partial charge in [0, 0.05) is 11.1 Å². The zero-order valence-electron chi connectivity index (χ0n) is 8.70. The van der Waals surface area contributed by atoms with Gasteiger partial charge in [-0.1, -0.05) is 18.2 Å². The maximum Gasteiger partial charge on any atom is 0.408 e. The van der Waals surface area contributed by atoms with Crippen LogP contribution in [0.1, 0.15) is 0 Å². The maximum atomic E-state index is 12.0. The van der Waals surface area contributed by atoms with Gasteiger partial charge in [-0.05, 0) is 24.3 Å². The second-order valence-corrected chi connectivity index (χ2v) is 5.51. The van der Waals surface area contributed by atoms with Crippen LogP contribution >= 0.6 is 7.60 Å². The van der Waals surface area contributed by atoms with Gasteiger partial charge in [0.25, 0.3) is 0 Å². The topological polar surface area (TPSA) is 66.8 Å². The van der Waals surface area contributed by atoms with Gasteiger partial charge in [-0.2, -0.15) is 0 Å². The lowest BCUT2D eigenvalue weighted by atomic mass is 10.0. The molecule has 1 aliphatic rings. The summed E-state index contributed by atoms with van der Waals surface area (Å²) >= 11 is 0. The Labute approximate surface area is 97.6 Å². The molecule has 0 radical (unpaired) electrons. The number of aromatic hydroxyl groups is 1. The SMILES string of the molecule is O=P1(O)Oc2ccc(O)cc2-c2ccccc21. The molecule has 1 unspecified atom stereocenters. The van der Waals surface area contributed by atoms with Crippen molar-refractivity contribution in [2.45, 2.75) is 0 Å². The summed E-state index contributed by atoms with van der Waals surface area (Å²) in [6, 6.07) is 11.2. The van der Waals surface area contributed by atoms with Gasteiger partial charge in [0.2, 0.25) is 0 Å². The number of phenolic OH excluding ortho intramolecular Hbond substituents is 1. The Morgan fingerprint density at radius 3 is 2.65 bits per heavy atom. The van der Waals surface area contributed by atoms with Gasteiger partial charge in [-0.25, -0.2) is 4.57 Å². The fourth-order valence-corrected chi connectivity index (χ4v) is 3.24. The summed E-state index contributed by atoms with van der Waals surface area (Å²) in [7, 11) is -3.81. The molecule has 0 aliphatic carbocycles. The first-order valence-corrected chi connectivity index (χ1v) is 6.61. The third kappa shape index (κ3) is 1.54. The molecule has 0 amide bonds. The first-order chi connectivity index (χ1) is 8.08. The van der Waals surface area contributed by atoms with Crippen molar-refractivity contribution >= 4 is 12.9 Å². The molecule has 2 aromatic carbocycles. The van der Waals surface area contributed by atoms with Gasteiger partial charge < -0.3 is 14.5 Å². The number of hydrogen-bond donors (Lipinski definition) is 2. The van der Waals surface area contributed by atoms with Gasteiger partial charge in [0.05, 0.1) is 5.30 Å². The van der Waals surface area contributed by atoms with Gasteiger partial charge in [-0.15, -0.1) is 0 Å². The van der Waals surface area contributed by atoms with E-state index in [4.69, 9.17) is 4.52 Å². The van der Waals surface area contributed by atoms with E-state index in [0.717, 1.165) is 0 Å². The van der Waals surface area contributed by atoms with Crippen LogP contribution in [-0.2, 0) is 4.57 Å². The van der Waals surface area contributed by atoms with Crippen LogP contribution in [0.4, 0.5) is 0 Å². The lowest BCUT2D eigenvalue weighted by molar-refractivity contribution is 0.391. The van der Waals surface area contributed by atoms with E-state index < -0.39 is 7.60 Å². The van der Waals surface area contributed by atoms with Crippen molar-refractivity contribution in [1.29, 1.82) is 0 Å². The summed E-state index contributed by atoms with van der Waals surface area (Å²) < 4.78 is 17.1. The first-order valence-electron chi connectivity index (χ1n) is 5.03. The molecule has 0 saturated carbocycles. The summed E-state index contributed by atoms with van der Waals surface area (Å²) in [5.74, 6) is 0.407. The highest BCUT2D eigenvalue weighted by molar-refractivity contribution is 7.62. The molecule has 1 atom stereocenters. The Balaban J connectivity index is 2.36. The molecule has 2 N–H and O–H groups in total. The minimum Gasteiger partial charge on any atom is -0.508 e. The summed E-state index contributed by atoms with van der Waals surface area (Å²) in [5, 5.41) is 9.72. The minimum absolute atomic E-state index is 0.0943. The largest absolute Gasteiger partial charge is 0.508 e.